The first-order chi connectivity index (χ1) is 10.4. The SMILES string of the molecule is COc1cccc(OC)c1S(=O)(=O)N1CCCC(C(C)N)C1. The zero-order valence-electron chi connectivity index (χ0n) is 13.3. The molecule has 1 fully saturated rings. The van der Waals surface area contributed by atoms with E-state index in [1.165, 1.54) is 18.5 Å². The van der Waals surface area contributed by atoms with Gasteiger partial charge in [0.2, 0.25) is 10.0 Å². The lowest BCUT2D eigenvalue weighted by Crippen LogP contribution is -2.45. The summed E-state index contributed by atoms with van der Waals surface area (Å²) in [5, 5.41) is 0. The zero-order chi connectivity index (χ0) is 16.3. The van der Waals surface area contributed by atoms with Gasteiger partial charge in [0, 0.05) is 19.1 Å². The summed E-state index contributed by atoms with van der Waals surface area (Å²) in [6.45, 7) is 2.85. The zero-order valence-corrected chi connectivity index (χ0v) is 14.1. The van der Waals surface area contributed by atoms with Gasteiger partial charge in [0.1, 0.15) is 11.5 Å². The maximum absolute atomic E-state index is 13.0. The molecule has 1 aliphatic rings. The molecule has 22 heavy (non-hydrogen) atoms. The van der Waals surface area contributed by atoms with Crippen molar-refractivity contribution in [2.45, 2.75) is 30.7 Å². The Balaban J connectivity index is 2.42. The molecule has 1 saturated heterocycles. The van der Waals surface area contributed by atoms with Crippen LogP contribution in [0.4, 0.5) is 0 Å². The van der Waals surface area contributed by atoms with E-state index in [2.05, 4.69) is 0 Å². The fraction of sp³-hybridized carbons (Fsp3) is 0.600. The van der Waals surface area contributed by atoms with Crippen molar-refractivity contribution < 1.29 is 17.9 Å². The number of ether oxygens (including phenoxy) is 2. The van der Waals surface area contributed by atoms with E-state index in [1.54, 1.807) is 18.2 Å². The number of rotatable bonds is 5. The summed E-state index contributed by atoms with van der Waals surface area (Å²) in [4.78, 5) is 0.0883. The molecule has 0 radical (unpaired) electrons. The fourth-order valence-corrected chi connectivity index (χ4v) is 4.65. The lowest BCUT2D eigenvalue weighted by atomic mass is 9.93. The van der Waals surface area contributed by atoms with E-state index >= 15 is 0 Å². The van der Waals surface area contributed by atoms with Crippen LogP contribution in [0.5, 0.6) is 11.5 Å². The van der Waals surface area contributed by atoms with Gasteiger partial charge in [-0.25, -0.2) is 8.42 Å². The molecule has 2 unspecified atom stereocenters. The van der Waals surface area contributed by atoms with E-state index in [1.807, 2.05) is 6.92 Å². The summed E-state index contributed by atoms with van der Waals surface area (Å²) in [5.74, 6) is 0.758. The summed E-state index contributed by atoms with van der Waals surface area (Å²) >= 11 is 0. The lowest BCUT2D eigenvalue weighted by molar-refractivity contribution is 0.242. The van der Waals surface area contributed by atoms with Crippen LogP contribution in [0.1, 0.15) is 19.8 Å². The topological polar surface area (TPSA) is 81.9 Å². The molecule has 0 saturated carbocycles. The van der Waals surface area contributed by atoms with Gasteiger partial charge in [-0.3, -0.25) is 0 Å². The second-order valence-electron chi connectivity index (χ2n) is 5.62. The van der Waals surface area contributed by atoms with Crippen LogP contribution in [0.3, 0.4) is 0 Å². The van der Waals surface area contributed by atoms with Crippen LogP contribution >= 0.6 is 0 Å². The molecule has 0 amide bonds. The van der Waals surface area contributed by atoms with E-state index in [4.69, 9.17) is 15.2 Å². The van der Waals surface area contributed by atoms with Gasteiger partial charge in [-0.05, 0) is 37.8 Å². The highest BCUT2D eigenvalue weighted by Gasteiger charge is 2.35. The van der Waals surface area contributed by atoms with Crippen LogP contribution in [0.15, 0.2) is 23.1 Å². The second-order valence-corrected chi connectivity index (χ2v) is 7.49. The van der Waals surface area contributed by atoms with E-state index in [9.17, 15) is 8.42 Å². The Kier molecular flexibility index (Phi) is 5.31. The summed E-state index contributed by atoms with van der Waals surface area (Å²) in [6.07, 6.45) is 1.76. The van der Waals surface area contributed by atoms with Crippen molar-refractivity contribution >= 4 is 10.0 Å². The van der Waals surface area contributed by atoms with Crippen LogP contribution in [0.25, 0.3) is 0 Å². The van der Waals surface area contributed by atoms with Gasteiger partial charge < -0.3 is 15.2 Å². The van der Waals surface area contributed by atoms with Gasteiger partial charge in [-0.1, -0.05) is 6.07 Å². The average molecular weight is 328 g/mol. The molecular weight excluding hydrogens is 304 g/mol. The number of piperidine rings is 1. The van der Waals surface area contributed by atoms with Crippen molar-refractivity contribution in [2.75, 3.05) is 27.3 Å². The molecule has 0 aliphatic carbocycles. The standard InChI is InChI=1S/C15H24N2O4S/c1-11(16)12-6-5-9-17(10-12)22(18,19)15-13(20-2)7-4-8-14(15)21-3/h4,7-8,11-12H,5-6,9-10,16H2,1-3H3. The minimum absolute atomic E-state index is 0.0300. The molecule has 0 spiro atoms. The lowest BCUT2D eigenvalue weighted by Gasteiger charge is -2.34. The van der Waals surface area contributed by atoms with Crippen LogP contribution in [-0.2, 0) is 10.0 Å². The third-order valence-corrected chi connectivity index (χ3v) is 6.07. The summed E-state index contributed by atoms with van der Waals surface area (Å²) < 4.78 is 38.0. The molecule has 1 aromatic carbocycles. The molecule has 1 aromatic rings. The predicted molar refractivity (Wildman–Crippen MR) is 84.7 cm³/mol. The molecule has 1 heterocycles. The molecule has 124 valence electrons. The number of hydrogen-bond acceptors (Lipinski definition) is 5. The van der Waals surface area contributed by atoms with E-state index in [0.717, 1.165) is 12.8 Å². The largest absolute Gasteiger partial charge is 0.495 e. The number of methoxy groups -OCH3 is 2. The van der Waals surface area contributed by atoms with Gasteiger partial charge >= 0.3 is 0 Å². The van der Waals surface area contributed by atoms with Crippen LogP contribution in [0.2, 0.25) is 0 Å². The minimum Gasteiger partial charge on any atom is -0.495 e. The van der Waals surface area contributed by atoms with E-state index < -0.39 is 10.0 Å². The van der Waals surface area contributed by atoms with Crippen molar-refractivity contribution in [2.24, 2.45) is 11.7 Å². The summed E-state index contributed by atoms with van der Waals surface area (Å²) in [6, 6.07) is 4.93. The van der Waals surface area contributed by atoms with E-state index in [-0.39, 0.29) is 16.9 Å². The van der Waals surface area contributed by atoms with Crippen molar-refractivity contribution in [3.8, 4) is 11.5 Å². The first-order valence-electron chi connectivity index (χ1n) is 7.38. The molecule has 2 N–H and O–H groups in total. The Labute approximate surface area is 132 Å². The summed E-state index contributed by atoms with van der Waals surface area (Å²) in [7, 11) is -0.780. The summed E-state index contributed by atoms with van der Waals surface area (Å²) in [5.41, 5.74) is 5.95. The number of hydrogen-bond donors (Lipinski definition) is 1. The van der Waals surface area contributed by atoms with Gasteiger partial charge in [0.05, 0.1) is 14.2 Å². The quantitative estimate of drug-likeness (QED) is 0.885. The fourth-order valence-electron chi connectivity index (χ4n) is 2.82. The number of sulfonamides is 1. The Bertz CT molecular complexity index is 594. The molecule has 6 nitrogen and oxygen atoms in total. The van der Waals surface area contributed by atoms with Crippen molar-refractivity contribution in [3.63, 3.8) is 0 Å². The first kappa shape index (κ1) is 17.1. The Morgan fingerprint density at radius 1 is 1.27 bits per heavy atom. The van der Waals surface area contributed by atoms with Crippen molar-refractivity contribution in [3.05, 3.63) is 18.2 Å². The normalized spacial score (nSPS) is 21.4. The highest BCUT2D eigenvalue weighted by atomic mass is 32.2. The molecular formula is C15H24N2O4S. The maximum atomic E-state index is 13.0. The predicted octanol–water partition coefficient (Wildman–Crippen LogP) is 1.45. The number of nitrogens with zero attached hydrogens (tertiary/aromatic N) is 1. The average Bonchev–Trinajstić information content (AvgIpc) is 2.53. The first-order valence-corrected chi connectivity index (χ1v) is 8.82. The molecule has 2 rings (SSSR count). The third-order valence-electron chi connectivity index (χ3n) is 4.14. The Morgan fingerprint density at radius 3 is 2.36 bits per heavy atom. The highest BCUT2D eigenvalue weighted by Crippen LogP contribution is 2.36. The minimum atomic E-state index is -3.69. The van der Waals surface area contributed by atoms with E-state index in [0.29, 0.717) is 24.6 Å². The van der Waals surface area contributed by atoms with Crippen molar-refractivity contribution in [1.29, 1.82) is 0 Å². The van der Waals surface area contributed by atoms with Gasteiger partial charge in [-0.2, -0.15) is 4.31 Å². The number of benzene rings is 1. The molecule has 0 bridgehead atoms. The molecule has 1 aliphatic heterocycles. The Hall–Kier alpha value is -1.31. The van der Waals surface area contributed by atoms with Crippen LogP contribution in [0, 0.1) is 5.92 Å². The smallest absolute Gasteiger partial charge is 0.250 e. The Morgan fingerprint density at radius 2 is 1.86 bits per heavy atom. The van der Waals surface area contributed by atoms with Gasteiger partial charge in [0.25, 0.3) is 0 Å². The van der Waals surface area contributed by atoms with Crippen molar-refractivity contribution in [1.82, 2.24) is 4.31 Å². The molecule has 7 heteroatoms. The third kappa shape index (κ3) is 3.21. The van der Waals surface area contributed by atoms with Gasteiger partial charge in [0.15, 0.2) is 4.90 Å². The van der Waals surface area contributed by atoms with Crippen LogP contribution in [-0.4, -0.2) is 46.1 Å². The molecule has 2 atom stereocenters. The highest BCUT2D eigenvalue weighted by molar-refractivity contribution is 7.89. The monoisotopic (exact) mass is 328 g/mol. The second kappa shape index (κ2) is 6.85. The van der Waals surface area contributed by atoms with Gasteiger partial charge in [-0.15, -0.1) is 0 Å². The molecule has 0 aromatic heterocycles. The number of nitrogens with two attached hydrogens (primary N) is 1. The van der Waals surface area contributed by atoms with Crippen LogP contribution < -0.4 is 15.2 Å². The maximum Gasteiger partial charge on any atom is 0.250 e.